The first-order valence-electron chi connectivity index (χ1n) is 6.77. The van der Waals surface area contributed by atoms with E-state index in [4.69, 9.17) is 0 Å². The van der Waals surface area contributed by atoms with Crippen molar-refractivity contribution in [2.45, 2.75) is 58.0 Å². The zero-order valence-electron chi connectivity index (χ0n) is 10.3. The number of hydrogen-bond acceptors (Lipinski definition) is 2. The van der Waals surface area contributed by atoms with Gasteiger partial charge in [-0.3, -0.25) is 4.90 Å². The Bertz CT molecular complexity index is 191. The van der Waals surface area contributed by atoms with Gasteiger partial charge in [0, 0.05) is 18.6 Å². The molecule has 0 spiro atoms. The van der Waals surface area contributed by atoms with Crippen LogP contribution in [0.1, 0.15) is 46.0 Å². The summed E-state index contributed by atoms with van der Waals surface area (Å²) in [5.74, 6) is 0.967. The van der Waals surface area contributed by atoms with Gasteiger partial charge in [0.25, 0.3) is 0 Å². The lowest BCUT2D eigenvalue weighted by Crippen LogP contribution is -2.48. The molecule has 2 rings (SSSR count). The van der Waals surface area contributed by atoms with Gasteiger partial charge in [0.2, 0.25) is 0 Å². The highest BCUT2D eigenvalue weighted by Crippen LogP contribution is 2.30. The molecule has 3 unspecified atom stereocenters. The molecule has 0 aromatic carbocycles. The summed E-state index contributed by atoms with van der Waals surface area (Å²) < 4.78 is 0. The van der Waals surface area contributed by atoms with Gasteiger partial charge in [0.15, 0.2) is 0 Å². The standard InChI is InChI=1S/C13H26N2/c1-3-14-12-5-4-8-15(10-12)13-7-6-11(2)9-13/h11-14H,3-10H2,1-2H3. The van der Waals surface area contributed by atoms with E-state index < -0.39 is 0 Å². The van der Waals surface area contributed by atoms with Crippen LogP contribution in [-0.4, -0.2) is 36.6 Å². The fourth-order valence-corrected chi connectivity index (χ4v) is 3.30. The van der Waals surface area contributed by atoms with Crippen molar-refractivity contribution in [3.63, 3.8) is 0 Å². The minimum Gasteiger partial charge on any atom is -0.313 e. The molecule has 1 saturated carbocycles. The van der Waals surface area contributed by atoms with Gasteiger partial charge in [0.1, 0.15) is 0 Å². The van der Waals surface area contributed by atoms with E-state index in [1.165, 1.54) is 45.2 Å². The van der Waals surface area contributed by atoms with Crippen LogP contribution in [0.4, 0.5) is 0 Å². The molecule has 2 nitrogen and oxygen atoms in total. The van der Waals surface area contributed by atoms with Crippen LogP contribution in [0.2, 0.25) is 0 Å². The van der Waals surface area contributed by atoms with E-state index in [0.717, 1.165) is 24.5 Å². The van der Waals surface area contributed by atoms with E-state index in [-0.39, 0.29) is 0 Å². The summed E-state index contributed by atoms with van der Waals surface area (Å²) >= 11 is 0. The molecule has 1 aliphatic heterocycles. The summed E-state index contributed by atoms with van der Waals surface area (Å²) in [5, 5.41) is 3.61. The van der Waals surface area contributed by atoms with Gasteiger partial charge < -0.3 is 5.32 Å². The molecule has 0 bridgehead atoms. The highest BCUT2D eigenvalue weighted by atomic mass is 15.2. The second-order valence-electron chi connectivity index (χ2n) is 5.46. The van der Waals surface area contributed by atoms with E-state index in [2.05, 4.69) is 24.1 Å². The largest absolute Gasteiger partial charge is 0.313 e. The van der Waals surface area contributed by atoms with Crippen molar-refractivity contribution in [3.05, 3.63) is 0 Å². The Hall–Kier alpha value is -0.0800. The maximum Gasteiger partial charge on any atom is 0.0195 e. The molecular formula is C13H26N2. The number of likely N-dealkylation sites (N-methyl/N-ethyl adjacent to an activating group) is 1. The van der Waals surface area contributed by atoms with Gasteiger partial charge in [-0.05, 0) is 51.1 Å². The van der Waals surface area contributed by atoms with Crippen LogP contribution in [0.25, 0.3) is 0 Å². The number of likely N-dealkylation sites (tertiary alicyclic amines) is 1. The molecule has 1 saturated heterocycles. The van der Waals surface area contributed by atoms with E-state index >= 15 is 0 Å². The Morgan fingerprint density at radius 2 is 2.13 bits per heavy atom. The van der Waals surface area contributed by atoms with Gasteiger partial charge in [-0.2, -0.15) is 0 Å². The van der Waals surface area contributed by atoms with Crippen LogP contribution in [0.15, 0.2) is 0 Å². The van der Waals surface area contributed by atoms with E-state index in [1.807, 2.05) is 0 Å². The molecular weight excluding hydrogens is 184 g/mol. The summed E-state index contributed by atoms with van der Waals surface area (Å²) in [5.41, 5.74) is 0. The zero-order valence-corrected chi connectivity index (χ0v) is 10.3. The monoisotopic (exact) mass is 210 g/mol. The first kappa shape index (κ1) is 11.4. The van der Waals surface area contributed by atoms with Crippen LogP contribution in [0.3, 0.4) is 0 Å². The second-order valence-corrected chi connectivity index (χ2v) is 5.46. The van der Waals surface area contributed by atoms with Crippen molar-refractivity contribution in [3.8, 4) is 0 Å². The average Bonchev–Trinajstić information content (AvgIpc) is 2.66. The molecule has 0 aromatic heterocycles. The predicted molar refractivity (Wildman–Crippen MR) is 65.1 cm³/mol. The molecule has 0 aromatic rings. The highest BCUT2D eigenvalue weighted by molar-refractivity contribution is 4.86. The minimum atomic E-state index is 0.764. The Morgan fingerprint density at radius 3 is 2.80 bits per heavy atom. The first-order valence-corrected chi connectivity index (χ1v) is 6.77. The predicted octanol–water partition coefficient (Wildman–Crippen LogP) is 2.25. The summed E-state index contributed by atoms with van der Waals surface area (Å²) in [4.78, 5) is 2.75. The van der Waals surface area contributed by atoms with Crippen LogP contribution in [0.5, 0.6) is 0 Å². The van der Waals surface area contributed by atoms with Gasteiger partial charge in [-0.15, -0.1) is 0 Å². The van der Waals surface area contributed by atoms with Crippen molar-refractivity contribution in [2.75, 3.05) is 19.6 Å². The molecule has 2 fully saturated rings. The van der Waals surface area contributed by atoms with Crippen LogP contribution >= 0.6 is 0 Å². The number of nitrogens with one attached hydrogen (secondary N) is 1. The SMILES string of the molecule is CCNC1CCCN(C2CCC(C)C2)C1. The lowest BCUT2D eigenvalue weighted by atomic mass is 10.0. The normalized spacial score (nSPS) is 38.4. The molecule has 0 amide bonds. The van der Waals surface area contributed by atoms with Gasteiger partial charge in [0.05, 0.1) is 0 Å². The third kappa shape index (κ3) is 2.94. The lowest BCUT2D eigenvalue weighted by molar-refractivity contribution is 0.137. The molecule has 3 atom stereocenters. The van der Waals surface area contributed by atoms with Crippen molar-refractivity contribution < 1.29 is 0 Å². The van der Waals surface area contributed by atoms with Crippen molar-refractivity contribution >= 4 is 0 Å². The maximum atomic E-state index is 3.61. The summed E-state index contributed by atoms with van der Waals surface area (Å²) in [6.45, 7) is 8.40. The average molecular weight is 210 g/mol. The van der Waals surface area contributed by atoms with E-state index in [1.54, 1.807) is 0 Å². The summed E-state index contributed by atoms with van der Waals surface area (Å²) in [6.07, 6.45) is 7.11. The molecule has 2 aliphatic rings. The summed E-state index contributed by atoms with van der Waals surface area (Å²) in [7, 11) is 0. The number of rotatable bonds is 3. The third-order valence-electron chi connectivity index (χ3n) is 4.13. The van der Waals surface area contributed by atoms with Gasteiger partial charge >= 0.3 is 0 Å². The quantitative estimate of drug-likeness (QED) is 0.768. The van der Waals surface area contributed by atoms with Crippen molar-refractivity contribution in [1.29, 1.82) is 0 Å². The molecule has 88 valence electrons. The van der Waals surface area contributed by atoms with Crippen LogP contribution in [0, 0.1) is 5.92 Å². The molecule has 1 N–H and O–H groups in total. The van der Waals surface area contributed by atoms with Crippen molar-refractivity contribution in [1.82, 2.24) is 10.2 Å². The fraction of sp³-hybridized carbons (Fsp3) is 1.00. The van der Waals surface area contributed by atoms with Gasteiger partial charge in [-0.25, -0.2) is 0 Å². The second kappa shape index (κ2) is 5.31. The number of nitrogens with zero attached hydrogens (tertiary/aromatic N) is 1. The van der Waals surface area contributed by atoms with E-state index in [0.29, 0.717) is 0 Å². The van der Waals surface area contributed by atoms with Crippen LogP contribution < -0.4 is 5.32 Å². The Balaban J connectivity index is 1.81. The third-order valence-corrected chi connectivity index (χ3v) is 4.13. The smallest absolute Gasteiger partial charge is 0.0195 e. The number of piperidine rings is 1. The molecule has 1 heterocycles. The van der Waals surface area contributed by atoms with Gasteiger partial charge in [-0.1, -0.05) is 13.8 Å². The Morgan fingerprint density at radius 1 is 1.27 bits per heavy atom. The molecule has 1 aliphatic carbocycles. The van der Waals surface area contributed by atoms with Crippen LogP contribution in [-0.2, 0) is 0 Å². The number of hydrogen-bond donors (Lipinski definition) is 1. The molecule has 15 heavy (non-hydrogen) atoms. The fourth-order valence-electron chi connectivity index (χ4n) is 3.30. The van der Waals surface area contributed by atoms with E-state index in [9.17, 15) is 0 Å². The Kier molecular flexibility index (Phi) is 4.04. The lowest BCUT2D eigenvalue weighted by Gasteiger charge is -2.37. The Labute approximate surface area is 94.4 Å². The maximum absolute atomic E-state index is 3.61. The summed E-state index contributed by atoms with van der Waals surface area (Å²) in [6, 6.07) is 1.67. The first-order chi connectivity index (χ1) is 7.29. The topological polar surface area (TPSA) is 15.3 Å². The molecule has 0 radical (unpaired) electrons. The van der Waals surface area contributed by atoms with Crippen molar-refractivity contribution in [2.24, 2.45) is 5.92 Å². The zero-order chi connectivity index (χ0) is 10.7. The molecule has 2 heteroatoms. The minimum absolute atomic E-state index is 0.764. The highest BCUT2D eigenvalue weighted by Gasteiger charge is 2.29.